The Morgan fingerprint density at radius 2 is 2.00 bits per heavy atom. The fourth-order valence-corrected chi connectivity index (χ4v) is 4.07. The lowest BCUT2D eigenvalue weighted by molar-refractivity contribution is -0.129. The second-order valence-corrected chi connectivity index (χ2v) is 7.82. The van der Waals surface area contributed by atoms with Crippen LogP contribution in [0.15, 0.2) is 47.6 Å². The van der Waals surface area contributed by atoms with Gasteiger partial charge in [0, 0.05) is 30.0 Å². The number of carbonyl (C=O) groups is 2. The highest BCUT2D eigenvalue weighted by Gasteiger charge is 2.34. The molecular weight excluding hydrogens is 398 g/mol. The molecule has 0 saturated carbocycles. The first-order valence-corrected chi connectivity index (χ1v) is 9.90. The Morgan fingerprint density at radius 1 is 1.25 bits per heavy atom. The third-order valence-electron chi connectivity index (χ3n) is 4.02. The van der Waals surface area contributed by atoms with E-state index in [2.05, 4.69) is 10.4 Å². The molecule has 0 aliphatic carbocycles. The number of rotatable bonds is 4. The summed E-state index contributed by atoms with van der Waals surface area (Å²) >= 11 is 7.51. The van der Waals surface area contributed by atoms with Gasteiger partial charge in [0.15, 0.2) is 5.17 Å². The van der Waals surface area contributed by atoms with Crippen LogP contribution in [0.25, 0.3) is 0 Å². The summed E-state index contributed by atoms with van der Waals surface area (Å²) in [6.07, 6.45) is 0. The van der Waals surface area contributed by atoms with Gasteiger partial charge in [0.25, 0.3) is 0 Å². The fraction of sp³-hybridized carbons (Fsp3) is 0.250. The van der Waals surface area contributed by atoms with Gasteiger partial charge < -0.3 is 10.1 Å². The van der Waals surface area contributed by atoms with Crippen molar-refractivity contribution in [1.82, 2.24) is 10.3 Å². The van der Waals surface area contributed by atoms with Crippen LogP contribution in [0.3, 0.4) is 0 Å². The van der Waals surface area contributed by atoms with Crippen LogP contribution in [-0.4, -0.2) is 22.0 Å². The van der Waals surface area contributed by atoms with Crippen molar-refractivity contribution < 1.29 is 14.3 Å². The third kappa shape index (κ3) is 4.66. The molecule has 1 aliphatic rings. The van der Waals surface area contributed by atoms with Gasteiger partial charge in [-0.3, -0.25) is 9.59 Å². The van der Waals surface area contributed by atoms with Crippen molar-refractivity contribution in [3.63, 3.8) is 0 Å². The van der Waals surface area contributed by atoms with Crippen LogP contribution < -0.4 is 10.1 Å². The maximum atomic E-state index is 12.1. The number of hydrazone groups is 1. The van der Waals surface area contributed by atoms with Crippen molar-refractivity contribution in [1.29, 1.82) is 0 Å². The number of thioether (sulfide) groups is 1. The first-order chi connectivity index (χ1) is 13.3. The van der Waals surface area contributed by atoms with Crippen molar-refractivity contribution in [2.45, 2.75) is 32.8 Å². The molecule has 1 aliphatic heterocycles. The highest BCUT2D eigenvalue weighted by molar-refractivity contribution is 8.14. The van der Waals surface area contributed by atoms with Crippen LogP contribution in [0.4, 0.5) is 0 Å². The Hall–Kier alpha value is -2.51. The summed E-state index contributed by atoms with van der Waals surface area (Å²) in [5.74, 6) is 0.166. The maximum Gasteiger partial charge on any atom is 0.241 e. The van der Waals surface area contributed by atoms with Crippen molar-refractivity contribution in [3.8, 4) is 5.75 Å². The zero-order valence-corrected chi connectivity index (χ0v) is 17.3. The molecule has 0 aromatic heterocycles. The average molecular weight is 418 g/mol. The van der Waals surface area contributed by atoms with Crippen molar-refractivity contribution in [2.24, 2.45) is 5.10 Å². The summed E-state index contributed by atoms with van der Waals surface area (Å²) in [6, 6.07) is 13.3. The van der Waals surface area contributed by atoms with Gasteiger partial charge in [-0.15, -0.1) is 5.10 Å². The van der Waals surface area contributed by atoms with Gasteiger partial charge in [-0.2, -0.15) is 0 Å². The molecule has 2 aromatic rings. The van der Waals surface area contributed by atoms with Gasteiger partial charge in [-0.1, -0.05) is 53.2 Å². The number of aryl methyl sites for hydroxylation is 1. The van der Waals surface area contributed by atoms with Crippen LogP contribution in [0.5, 0.6) is 5.75 Å². The fourth-order valence-electron chi connectivity index (χ4n) is 2.73. The van der Waals surface area contributed by atoms with E-state index in [4.69, 9.17) is 16.3 Å². The summed E-state index contributed by atoms with van der Waals surface area (Å²) in [6.45, 7) is 5.11. The quantitative estimate of drug-likeness (QED) is 0.808. The number of carbonyl (C=O) groups excluding carboxylic acids is 2. The molecule has 146 valence electrons. The van der Waals surface area contributed by atoms with E-state index in [-0.39, 0.29) is 11.8 Å². The number of hydrogen-bond acceptors (Lipinski definition) is 5. The van der Waals surface area contributed by atoms with Crippen LogP contribution in [0.2, 0.25) is 5.02 Å². The van der Waals surface area contributed by atoms with E-state index >= 15 is 0 Å². The second kappa shape index (κ2) is 8.67. The number of ether oxygens (including phenoxy) is 1. The van der Waals surface area contributed by atoms with E-state index in [0.717, 1.165) is 16.7 Å². The Morgan fingerprint density at radius 3 is 2.68 bits per heavy atom. The Balaban J connectivity index is 1.88. The largest absolute Gasteiger partial charge is 0.488 e. The number of nitrogens with zero attached hydrogens (tertiary/aromatic N) is 2. The molecule has 0 radical (unpaired) electrons. The molecule has 0 fully saturated rings. The van der Waals surface area contributed by atoms with Crippen molar-refractivity contribution in [3.05, 3.63) is 64.2 Å². The molecule has 2 aromatic carbocycles. The van der Waals surface area contributed by atoms with E-state index in [9.17, 15) is 9.59 Å². The number of benzene rings is 2. The average Bonchev–Trinajstić information content (AvgIpc) is 3.05. The molecule has 1 N–H and O–H groups in total. The zero-order chi connectivity index (χ0) is 20.3. The van der Waals surface area contributed by atoms with Crippen LogP contribution >= 0.6 is 23.4 Å². The predicted octanol–water partition coefficient (Wildman–Crippen LogP) is 4.23. The van der Waals surface area contributed by atoms with Crippen LogP contribution in [0, 0.1) is 6.92 Å². The maximum absolute atomic E-state index is 12.1. The molecule has 0 unspecified atom stereocenters. The van der Waals surface area contributed by atoms with Crippen LogP contribution in [0.1, 0.15) is 35.9 Å². The topological polar surface area (TPSA) is 71.0 Å². The Bertz CT molecular complexity index is 948. The standard InChI is InChI=1S/C20H20ClN3O3S/c1-12-8-9-18(27-11-15-6-4-5-7-17(15)21)16(10-12)19-24(14(3)26)23-20(28-19)22-13(2)25/h4-10,19H,11H2,1-3H3,(H,22,23,25)/t19-/m1/s1. The van der Waals surface area contributed by atoms with Gasteiger partial charge in [0.2, 0.25) is 11.8 Å². The molecule has 1 atom stereocenters. The van der Waals surface area contributed by atoms with Crippen molar-refractivity contribution in [2.75, 3.05) is 0 Å². The predicted molar refractivity (Wildman–Crippen MR) is 111 cm³/mol. The molecule has 28 heavy (non-hydrogen) atoms. The van der Waals surface area contributed by atoms with E-state index in [1.165, 1.54) is 30.6 Å². The minimum absolute atomic E-state index is 0.226. The molecule has 0 saturated heterocycles. The Labute approximate surface area is 172 Å². The number of amidine groups is 1. The minimum Gasteiger partial charge on any atom is -0.488 e. The zero-order valence-electron chi connectivity index (χ0n) is 15.7. The highest BCUT2D eigenvalue weighted by Crippen LogP contribution is 2.43. The van der Waals surface area contributed by atoms with E-state index in [1.807, 2.05) is 49.4 Å². The summed E-state index contributed by atoms with van der Waals surface area (Å²) in [5.41, 5.74) is 2.70. The van der Waals surface area contributed by atoms with Gasteiger partial charge in [-0.25, -0.2) is 5.01 Å². The first-order valence-electron chi connectivity index (χ1n) is 8.64. The summed E-state index contributed by atoms with van der Waals surface area (Å²) in [4.78, 5) is 23.5. The molecule has 6 nitrogen and oxygen atoms in total. The lowest BCUT2D eigenvalue weighted by Gasteiger charge is -2.22. The molecule has 8 heteroatoms. The lowest BCUT2D eigenvalue weighted by atomic mass is 10.1. The van der Waals surface area contributed by atoms with Crippen LogP contribution in [-0.2, 0) is 16.2 Å². The summed E-state index contributed by atoms with van der Waals surface area (Å²) in [7, 11) is 0. The van der Waals surface area contributed by atoms with E-state index < -0.39 is 5.37 Å². The van der Waals surface area contributed by atoms with Gasteiger partial charge in [-0.05, 0) is 25.1 Å². The first kappa shape index (κ1) is 20.2. The Kier molecular flexibility index (Phi) is 6.26. The molecule has 3 rings (SSSR count). The lowest BCUT2D eigenvalue weighted by Crippen LogP contribution is -2.25. The third-order valence-corrected chi connectivity index (χ3v) is 5.47. The van der Waals surface area contributed by atoms with E-state index in [0.29, 0.717) is 22.5 Å². The van der Waals surface area contributed by atoms with Gasteiger partial charge in [0.05, 0.1) is 0 Å². The van der Waals surface area contributed by atoms with E-state index in [1.54, 1.807) is 0 Å². The van der Waals surface area contributed by atoms with Gasteiger partial charge >= 0.3 is 0 Å². The second-order valence-electron chi connectivity index (χ2n) is 6.34. The number of halogens is 1. The smallest absolute Gasteiger partial charge is 0.241 e. The highest BCUT2D eigenvalue weighted by atomic mass is 35.5. The monoisotopic (exact) mass is 417 g/mol. The normalized spacial score (nSPS) is 15.9. The molecular formula is C20H20ClN3O3S. The number of nitrogens with one attached hydrogen (secondary N) is 1. The minimum atomic E-state index is -0.430. The van der Waals surface area contributed by atoms with Crippen molar-refractivity contribution >= 4 is 40.3 Å². The summed E-state index contributed by atoms with van der Waals surface area (Å²) in [5, 5.41) is 8.83. The SMILES string of the molecule is CC(=O)NC1=NN(C(C)=O)[C@@H](c2cc(C)ccc2OCc2ccccc2Cl)S1. The molecule has 2 amide bonds. The summed E-state index contributed by atoms with van der Waals surface area (Å²) < 4.78 is 6.04. The number of hydrogen-bond donors (Lipinski definition) is 1. The number of amides is 2. The molecule has 1 heterocycles. The molecule has 0 spiro atoms. The molecule has 0 bridgehead atoms. The van der Waals surface area contributed by atoms with Gasteiger partial charge in [0.1, 0.15) is 17.7 Å².